The molecule has 0 fully saturated rings. The summed E-state index contributed by atoms with van der Waals surface area (Å²) in [6, 6.07) is 4.02. The van der Waals surface area contributed by atoms with Crippen molar-refractivity contribution >= 4 is 23.1 Å². The second kappa shape index (κ2) is 4.99. The van der Waals surface area contributed by atoms with Gasteiger partial charge in [-0.3, -0.25) is 0 Å². The van der Waals surface area contributed by atoms with E-state index in [4.69, 9.17) is 10.2 Å². The summed E-state index contributed by atoms with van der Waals surface area (Å²) in [4.78, 5) is 0. The van der Waals surface area contributed by atoms with Crippen molar-refractivity contribution in [3.63, 3.8) is 0 Å². The highest BCUT2D eigenvalue weighted by molar-refractivity contribution is 8.00. The molecule has 6 heteroatoms. The quantitative estimate of drug-likeness (QED) is 0.909. The van der Waals surface area contributed by atoms with Crippen molar-refractivity contribution in [2.75, 3.05) is 0 Å². The lowest BCUT2D eigenvalue weighted by Gasteiger charge is -1.99. The number of aromatic nitrogens is 2. The highest BCUT2D eigenvalue weighted by atomic mass is 32.2. The predicted octanol–water partition coefficient (Wildman–Crippen LogP) is 2.48. The van der Waals surface area contributed by atoms with Gasteiger partial charge in [0.15, 0.2) is 9.43 Å². The maximum absolute atomic E-state index is 5.70. The summed E-state index contributed by atoms with van der Waals surface area (Å²) in [5, 5.41) is 9.78. The standard InChI is InChI=1S/C10H13N3OS2/c1-6(11)5-8-3-4-9(14-8)16-10-13-12-7(2)15-10/h3-4,6H,5,11H2,1-2H3. The van der Waals surface area contributed by atoms with E-state index < -0.39 is 0 Å². The maximum atomic E-state index is 5.70. The molecular formula is C10H13N3OS2. The molecule has 0 aliphatic rings. The topological polar surface area (TPSA) is 64.9 Å². The largest absolute Gasteiger partial charge is 0.454 e. The zero-order valence-corrected chi connectivity index (χ0v) is 10.8. The first-order chi connectivity index (χ1) is 7.63. The Morgan fingerprint density at radius 1 is 1.50 bits per heavy atom. The van der Waals surface area contributed by atoms with Crippen molar-refractivity contribution in [2.45, 2.75) is 35.7 Å². The van der Waals surface area contributed by atoms with Crippen LogP contribution in [0.5, 0.6) is 0 Å². The van der Waals surface area contributed by atoms with E-state index in [-0.39, 0.29) is 6.04 Å². The van der Waals surface area contributed by atoms with Crippen LogP contribution in [0.15, 0.2) is 26.0 Å². The van der Waals surface area contributed by atoms with Crippen LogP contribution >= 0.6 is 23.1 Å². The molecule has 0 aliphatic carbocycles. The van der Waals surface area contributed by atoms with Crippen LogP contribution in [0.3, 0.4) is 0 Å². The highest BCUT2D eigenvalue weighted by Gasteiger charge is 2.08. The summed E-state index contributed by atoms with van der Waals surface area (Å²) < 4.78 is 6.53. The molecule has 0 bridgehead atoms. The van der Waals surface area contributed by atoms with Crippen molar-refractivity contribution in [1.82, 2.24) is 10.2 Å². The van der Waals surface area contributed by atoms with Gasteiger partial charge in [-0.15, -0.1) is 10.2 Å². The molecule has 0 aromatic carbocycles. The van der Waals surface area contributed by atoms with Gasteiger partial charge in [-0.2, -0.15) is 0 Å². The van der Waals surface area contributed by atoms with Gasteiger partial charge in [0, 0.05) is 12.5 Å². The van der Waals surface area contributed by atoms with Gasteiger partial charge in [0.1, 0.15) is 10.8 Å². The van der Waals surface area contributed by atoms with Crippen LogP contribution in [-0.4, -0.2) is 16.2 Å². The van der Waals surface area contributed by atoms with Gasteiger partial charge in [-0.25, -0.2) is 0 Å². The third-order valence-corrected chi connectivity index (χ3v) is 3.67. The van der Waals surface area contributed by atoms with E-state index in [2.05, 4.69) is 10.2 Å². The fourth-order valence-electron chi connectivity index (χ4n) is 1.25. The predicted molar refractivity (Wildman–Crippen MR) is 64.8 cm³/mol. The Balaban J connectivity index is 2.02. The Labute approximate surface area is 102 Å². The number of hydrogen-bond acceptors (Lipinski definition) is 6. The van der Waals surface area contributed by atoms with Gasteiger partial charge in [0.2, 0.25) is 0 Å². The van der Waals surface area contributed by atoms with E-state index in [0.717, 1.165) is 26.6 Å². The molecule has 16 heavy (non-hydrogen) atoms. The molecule has 0 aliphatic heterocycles. The summed E-state index contributed by atoms with van der Waals surface area (Å²) in [6.07, 6.45) is 0.760. The number of aryl methyl sites for hydroxylation is 1. The molecule has 0 saturated heterocycles. The third-order valence-electron chi connectivity index (χ3n) is 1.86. The van der Waals surface area contributed by atoms with E-state index in [1.807, 2.05) is 26.0 Å². The second-order valence-electron chi connectivity index (χ2n) is 3.59. The molecule has 1 unspecified atom stereocenters. The minimum absolute atomic E-state index is 0.118. The smallest absolute Gasteiger partial charge is 0.181 e. The Bertz CT molecular complexity index is 464. The van der Waals surface area contributed by atoms with E-state index in [1.54, 1.807) is 11.3 Å². The molecule has 0 saturated carbocycles. The van der Waals surface area contributed by atoms with Crippen molar-refractivity contribution in [3.8, 4) is 0 Å². The number of nitrogens with zero attached hydrogens (tertiary/aromatic N) is 2. The van der Waals surface area contributed by atoms with Gasteiger partial charge >= 0.3 is 0 Å². The Morgan fingerprint density at radius 3 is 2.94 bits per heavy atom. The van der Waals surface area contributed by atoms with Crippen LogP contribution < -0.4 is 5.73 Å². The van der Waals surface area contributed by atoms with E-state index >= 15 is 0 Å². The lowest BCUT2D eigenvalue weighted by molar-refractivity contribution is 0.422. The SMILES string of the molecule is Cc1nnc(Sc2ccc(CC(C)N)o2)s1. The fraction of sp³-hybridized carbons (Fsp3) is 0.400. The van der Waals surface area contributed by atoms with Crippen LogP contribution in [0.25, 0.3) is 0 Å². The van der Waals surface area contributed by atoms with Gasteiger partial charge < -0.3 is 10.2 Å². The van der Waals surface area contributed by atoms with Crippen molar-refractivity contribution in [3.05, 3.63) is 22.9 Å². The summed E-state index contributed by atoms with van der Waals surface area (Å²) in [5.74, 6) is 0.915. The Hall–Kier alpha value is -0.850. The molecular weight excluding hydrogens is 242 g/mol. The molecule has 0 spiro atoms. The number of rotatable bonds is 4. The minimum Gasteiger partial charge on any atom is -0.454 e. The van der Waals surface area contributed by atoms with Crippen molar-refractivity contribution in [2.24, 2.45) is 5.73 Å². The molecule has 2 N–H and O–H groups in total. The van der Waals surface area contributed by atoms with Crippen LogP contribution in [-0.2, 0) is 6.42 Å². The number of nitrogens with two attached hydrogens (primary N) is 1. The average Bonchev–Trinajstić information content (AvgIpc) is 2.76. The summed E-state index contributed by atoms with van der Waals surface area (Å²) in [5.41, 5.74) is 5.70. The zero-order valence-electron chi connectivity index (χ0n) is 9.14. The molecule has 0 amide bonds. The number of hydrogen-bond donors (Lipinski definition) is 1. The third kappa shape index (κ3) is 3.07. The fourth-order valence-corrected chi connectivity index (χ4v) is 2.98. The normalized spacial score (nSPS) is 12.9. The molecule has 1 atom stereocenters. The lowest BCUT2D eigenvalue weighted by atomic mass is 10.2. The first kappa shape index (κ1) is 11.6. The van der Waals surface area contributed by atoms with Gasteiger partial charge in [-0.05, 0) is 37.7 Å². The first-order valence-electron chi connectivity index (χ1n) is 4.96. The highest BCUT2D eigenvalue weighted by Crippen LogP contribution is 2.31. The monoisotopic (exact) mass is 255 g/mol. The minimum atomic E-state index is 0.118. The van der Waals surface area contributed by atoms with Gasteiger partial charge in [0.25, 0.3) is 0 Å². The first-order valence-corrected chi connectivity index (χ1v) is 6.59. The van der Waals surface area contributed by atoms with Crippen LogP contribution in [0, 0.1) is 6.92 Å². The Kier molecular flexibility index (Phi) is 3.63. The van der Waals surface area contributed by atoms with Crippen LogP contribution in [0.1, 0.15) is 17.7 Å². The average molecular weight is 255 g/mol. The maximum Gasteiger partial charge on any atom is 0.181 e. The molecule has 2 rings (SSSR count). The van der Waals surface area contributed by atoms with Crippen molar-refractivity contribution < 1.29 is 4.42 Å². The van der Waals surface area contributed by atoms with E-state index in [1.165, 1.54) is 11.8 Å². The summed E-state index contributed by atoms with van der Waals surface area (Å²) >= 11 is 3.06. The van der Waals surface area contributed by atoms with E-state index in [9.17, 15) is 0 Å². The number of furan rings is 1. The molecule has 2 heterocycles. The second-order valence-corrected chi connectivity index (χ2v) is 6.02. The Morgan fingerprint density at radius 2 is 2.31 bits per heavy atom. The molecule has 2 aromatic heterocycles. The van der Waals surface area contributed by atoms with Gasteiger partial charge in [-0.1, -0.05) is 11.3 Å². The molecule has 4 nitrogen and oxygen atoms in total. The van der Waals surface area contributed by atoms with Crippen LogP contribution in [0.2, 0.25) is 0 Å². The van der Waals surface area contributed by atoms with Gasteiger partial charge in [0.05, 0.1) is 0 Å². The zero-order chi connectivity index (χ0) is 11.5. The lowest BCUT2D eigenvalue weighted by Crippen LogP contribution is -2.17. The molecule has 2 aromatic rings. The van der Waals surface area contributed by atoms with E-state index in [0.29, 0.717) is 0 Å². The summed E-state index contributed by atoms with van der Waals surface area (Å²) in [6.45, 7) is 3.90. The van der Waals surface area contributed by atoms with Crippen LogP contribution in [0.4, 0.5) is 0 Å². The molecule has 0 radical (unpaired) electrons. The molecule has 86 valence electrons. The summed E-state index contributed by atoms with van der Waals surface area (Å²) in [7, 11) is 0. The van der Waals surface area contributed by atoms with Crippen molar-refractivity contribution in [1.29, 1.82) is 0 Å².